The lowest BCUT2D eigenvalue weighted by atomic mass is 10.2. The summed E-state index contributed by atoms with van der Waals surface area (Å²) in [4.78, 5) is 0. The summed E-state index contributed by atoms with van der Waals surface area (Å²) in [6, 6.07) is 0. The number of allylic oxidation sites excluding steroid dienone is 4. The normalized spacial score (nSPS) is 11.2. The van der Waals surface area contributed by atoms with E-state index < -0.39 is 0 Å². The zero-order valence-corrected chi connectivity index (χ0v) is 8.09. The molecule has 0 saturated heterocycles. The topological polar surface area (TPSA) is 49.9 Å². The molecule has 68 valence electrons. The largest absolute Gasteiger partial charge is 0.398 e. The van der Waals surface area contributed by atoms with Crippen molar-refractivity contribution in [3.05, 3.63) is 36.1 Å². The summed E-state index contributed by atoms with van der Waals surface area (Å²) in [7, 11) is 0. The van der Waals surface area contributed by atoms with Crippen LogP contribution in [0.15, 0.2) is 36.1 Å². The number of nitrogens with one attached hydrogen (secondary N) is 1. The lowest BCUT2D eigenvalue weighted by molar-refractivity contribution is 1.38. The van der Waals surface area contributed by atoms with E-state index in [4.69, 9.17) is 11.1 Å². The van der Waals surface area contributed by atoms with Gasteiger partial charge in [0.15, 0.2) is 0 Å². The van der Waals surface area contributed by atoms with Gasteiger partial charge in [0.1, 0.15) is 0 Å². The van der Waals surface area contributed by atoms with Gasteiger partial charge < -0.3 is 11.1 Å². The van der Waals surface area contributed by atoms with Gasteiger partial charge in [-0.15, -0.1) is 0 Å². The summed E-state index contributed by atoms with van der Waals surface area (Å²) in [5.41, 5.74) is 6.75. The van der Waals surface area contributed by atoms with Crippen molar-refractivity contribution in [1.29, 1.82) is 5.41 Å². The predicted molar refractivity (Wildman–Crippen MR) is 56.4 cm³/mol. The number of hydrogen-bond donors (Lipinski definition) is 2. The molecule has 12 heavy (non-hydrogen) atoms. The molecule has 0 bridgehead atoms. The third-order valence-corrected chi connectivity index (χ3v) is 1.05. The van der Waals surface area contributed by atoms with Gasteiger partial charge in [0, 0.05) is 17.5 Å². The van der Waals surface area contributed by atoms with Crippen LogP contribution in [0, 0.1) is 5.41 Å². The molecule has 0 atom stereocenters. The maximum Gasteiger partial charge on any atom is 0.0399 e. The smallest absolute Gasteiger partial charge is 0.0399 e. The lowest BCUT2D eigenvalue weighted by Gasteiger charge is -1.94. The summed E-state index contributed by atoms with van der Waals surface area (Å²) in [5, 5.41) is 6.90. The van der Waals surface area contributed by atoms with Crippen LogP contribution in [-0.2, 0) is 0 Å². The van der Waals surface area contributed by atoms with E-state index in [0.717, 1.165) is 0 Å². The molecule has 0 spiro atoms. The van der Waals surface area contributed by atoms with E-state index in [-0.39, 0.29) is 0 Å². The third-order valence-electron chi connectivity index (χ3n) is 1.05. The maximum absolute atomic E-state index is 6.90. The zero-order chi connectivity index (χ0) is 9.98. The molecule has 0 aliphatic carbocycles. The van der Waals surface area contributed by atoms with Crippen molar-refractivity contribution in [2.75, 3.05) is 0 Å². The van der Waals surface area contributed by atoms with Crippen molar-refractivity contribution in [2.45, 2.75) is 20.8 Å². The van der Waals surface area contributed by atoms with Crippen molar-refractivity contribution in [1.82, 2.24) is 0 Å². The van der Waals surface area contributed by atoms with Gasteiger partial charge >= 0.3 is 0 Å². The lowest BCUT2D eigenvalue weighted by Crippen LogP contribution is -1.98. The van der Waals surface area contributed by atoms with Crippen molar-refractivity contribution < 1.29 is 0 Å². The molecule has 3 N–H and O–H groups in total. The average Bonchev–Trinajstić information content (AvgIpc) is 2.11. The molecular formula is C10H18N2. The summed E-state index contributed by atoms with van der Waals surface area (Å²) in [6.45, 7) is 9.38. The van der Waals surface area contributed by atoms with Crippen molar-refractivity contribution in [3.63, 3.8) is 0 Å². The quantitative estimate of drug-likeness (QED) is 0.491. The van der Waals surface area contributed by atoms with Crippen LogP contribution in [0.5, 0.6) is 0 Å². The van der Waals surface area contributed by atoms with Crippen LogP contribution in [0.1, 0.15) is 20.8 Å². The fourth-order valence-corrected chi connectivity index (χ4v) is 0.536. The first-order valence-electron chi connectivity index (χ1n) is 4.01. The highest BCUT2D eigenvalue weighted by molar-refractivity contribution is 5.81. The number of rotatable bonds is 3. The number of nitrogens with two attached hydrogens (primary N) is 1. The molecule has 0 aromatic heterocycles. The molecule has 0 rings (SSSR count). The van der Waals surface area contributed by atoms with E-state index in [1.54, 1.807) is 12.2 Å². The van der Waals surface area contributed by atoms with Gasteiger partial charge in [-0.3, -0.25) is 0 Å². The predicted octanol–water partition coefficient (Wildman–Crippen LogP) is 2.64. The summed E-state index contributed by atoms with van der Waals surface area (Å²) in [6.07, 6.45) is 6.30. The maximum atomic E-state index is 6.90. The molecule has 0 heterocycles. The molecule has 0 fully saturated rings. The van der Waals surface area contributed by atoms with Crippen molar-refractivity contribution >= 4 is 6.21 Å². The van der Waals surface area contributed by atoms with E-state index in [0.29, 0.717) is 11.3 Å². The highest BCUT2D eigenvalue weighted by Crippen LogP contribution is 1.97. The van der Waals surface area contributed by atoms with Crippen molar-refractivity contribution in [3.8, 4) is 0 Å². The molecule has 2 heteroatoms. The Hall–Kier alpha value is -1.31. The van der Waals surface area contributed by atoms with Crippen LogP contribution in [0.2, 0.25) is 0 Å². The Kier molecular flexibility index (Phi) is 10.7. The van der Waals surface area contributed by atoms with Crippen molar-refractivity contribution in [2.24, 2.45) is 5.73 Å². The Bertz CT molecular complexity index is 178. The second-order valence-electron chi connectivity index (χ2n) is 1.76. The van der Waals surface area contributed by atoms with Crippen LogP contribution in [0.25, 0.3) is 0 Å². The molecule has 2 nitrogen and oxygen atoms in total. The first kappa shape index (κ1) is 13.3. The Morgan fingerprint density at radius 3 is 2.17 bits per heavy atom. The van der Waals surface area contributed by atoms with Gasteiger partial charge in [-0.2, -0.15) is 0 Å². The van der Waals surface area contributed by atoms with E-state index in [1.165, 1.54) is 6.21 Å². The molecule has 0 unspecified atom stereocenters. The third kappa shape index (κ3) is 5.47. The fourth-order valence-electron chi connectivity index (χ4n) is 0.536. The van der Waals surface area contributed by atoms with Crippen LogP contribution >= 0.6 is 0 Å². The minimum Gasteiger partial charge on any atom is -0.398 e. The molecule has 0 aliphatic rings. The first-order valence-corrected chi connectivity index (χ1v) is 4.01. The van der Waals surface area contributed by atoms with Crippen LogP contribution in [0.3, 0.4) is 0 Å². The van der Waals surface area contributed by atoms with Gasteiger partial charge in [0.2, 0.25) is 0 Å². The highest BCUT2D eigenvalue weighted by atomic mass is 14.6. The van der Waals surface area contributed by atoms with Gasteiger partial charge in [0.25, 0.3) is 0 Å². The fraction of sp³-hybridized carbons (Fsp3) is 0.300. The molecule has 0 aromatic carbocycles. The standard InChI is InChI=1S/C8H12N2.C2H6/c1-3-5-8(10)7(4-2)6-9;1-2/h3-6,9H,2,10H2,1H3;1-2H3/b5-3-,8-7-,9-6?;. The molecule has 0 radical (unpaired) electrons. The Labute approximate surface area is 75.0 Å². The second-order valence-corrected chi connectivity index (χ2v) is 1.76. The summed E-state index contributed by atoms with van der Waals surface area (Å²) in [5.74, 6) is 0. The minimum absolute atomic E-state index is 0.576. The minimum atomic E-state index is 0.576. The van der Waals surface area contributed by atoms with Gasteiger partial charge in [-0.1, -0.05) is 32.6 Å². The van der Waals surface area contributed by atoms with Gasteiger partial charge in [-0.05, 0) is 13.0 Å². The Morgan fingerprint density at radius 1 is 1.42 bits per heavy atom. The first-order chi connectivity index (χ1) is 5.76. The SMILES string of the molecule is C=C/C(C=N)=C(N)\C=C/C.CC. The zero-order valence-electron chi connectivity index (χ0n) is 8.09. The Balaban J connectivity index is 0. The van der Waals surface area contributed by atoms with E-state index >= 15 is 0 Å². The molecule has 0 amide bonds. The summed E-state index contributed by atoms with van der Waals surface area (Å²) < 4.78 is 0. The van der Waals surface area contributed by atoms with Gasteiger partial charge in [-0.25, -0.2) is 0 Å². The van der Waals surface area contributed by atoms with Gasteiger partial charge in [0.05, 0.1) is 0 Å². The molecular weight excluding hydrogens is 148 g/mol. The molecule has 0 aliphatic heterocycles. The van der Waals surface area contributed by atoms with E-state index in [9.17, 15) is 0 Å². The van der Waals surface area contributed by atoms with Crippen LogP contribution < -0.4 is 5.73 Å². The Morgan fingerprint density at radius 2 is 1.92 bits per heavy atom. The van der Waals surface area contributed by atoms with Crippen LogP contribution in [0.4, 0.5) is 0 Å². The monoisotopic (exact) mass is 166 g/mol. The van der Waals surface area contributed by atoms with Crippen LogP contribution in [-0.4, -0.2) is 6.21 Å². The summed E-state index contributed by atoms with van der Waals surface area (Å²) >= 11 is 0. The van der Waals surface area contributed by atoms with E-state index in [1.807, 2.05) is 26.8 Å². The molecule has 0 aromatic rings. The molecule has 0 saturated carbocycles. The highest BCUT2D eigenvalue weighted by Gasteiger charge is 1.88. The number of hydrogen-bond acceptors (Lipinski definition) is 2. The van der Waals surface area contributed by atoms with E-state index in [2.05, 4.69) is 6.58 Å². The second kappa shape index (κ2) is 9.69. The average molecular weight is 166 g/mol.